The summed E-state index contributed by atoms with van der Waals surface area (Å²) in [6.45, 7) is 0. The zero-order valence-corrected chi connectivity index (χ0v) is 16.2. The highest BCUT2D eigenvalue weighted by Crippen LogP contribution is 2.36. The van der Waals surface area contributed by atoms with Crippen molar-refractivity contribution in [3.8, 4) is 28.4 Å². The maximum atomic E-state index is 13.2. The molecule has 166 valence electrons. The second-order valence-electron chi connectivity index (χ2n) is 6.62. The number of ether oxygens (including phenoxy) is 1. The molecule has 0 atom stereocenters. The minimum absolute atomic E-state index is 0.0195. The third kappa shape index (κ3) is 4.15. The maximum Gasteiger partial charge on any atom is 0.435 e. The Morgan fingerprint density at radius 3 is 2.00 bits per heavy atom. The third-order valence-corrected chi connectivity index (χ3v) is 4.53. The van der Waals surface area contributed by atoms with Crippen molar-refractivity contribution >= 4 is 0 Å². The van der Waals surface area contributed by atoms with Gasteiger partial charge in [-0.1, -0.05) is 17.3 Å². The molecular formula is C20H13F6N5O. The topological polar surface area (TPSA) is 57.8 Å². The van der Waals surface area contributed by atoms with Gasteiger partial charge in [-0.25, -0.2) is 9.36 Å². The van der Waals surface area contributed by atoms with Crippen molar-refractivity contribution in [1.29, 1.82) is 0 Å². The maximum absolute atomic E-state index is 13.2. The van der Waals surface area contributed by atoms with Gasteiger partial charge in [0, 0.05) is 11.6 Å². The minimum Gasteiger partial charge on any atom is -0.497 e. The molecule has 0 aliphatic heterocycles. The Bertz CT molecular complexity index is 1220. The van der Waals surface area contributed by atoms with E-state index in [4.69, 9.17) is 4.74 Å². The summed E-state index contributed by atoms with van der Waals surface area (Å²) in [5.74, 6) is 0.662. The molecule has 4 rings (SSSR count). The number of halogens is 6. The molecule has 2 heterocycles. The molecule has 0 spiro atoms. The molecule has 4 aromatic rings. The van der Waals surface area contributed by atoms with E-state index >= 15 is 0 Å². The van der Waals surface area contributed by atoms with Crippen LogP contribution in [0.5, 0.6) is 5.75 Å². The van der Waals surface area contributed by atoms with Crippen molar-refractivity contribution in [3.05, 3.63) is 72.2 Å². The van der Waals surface area contributed by atoms with Crippen LogP contribution in [0.2, 0.25) is 0 Å². The zero-order chi connectivity index (χ0) is 23.1. The van der Waals surface area contributed by atoms with Gasteiger partial charge in [-0.15, -0.1) is 5.10 Å². The number of hydrogen-bond acceptors (Lipinski definition) is 4. The van der Waals surface area contributed by atoms with Crippen LogP contribution in [0, 0.1) is 0 Å². The number of alkyl halides is 6. The van der Waals surface area contributed by atoms with Gasteiger partial charge >= 0.3 is 12.4 Å². The van der Waals surface area contributed by atoms with Crippen LogP contribution in [0.1, 0.15) is 11.4 Å². The molecule has 0 aliphatic rings. The summed E-state index contributed by atoms with van der Waals surface area (Å²) >= 11 is 0. The Hall–Kier alpha value is -3.83. The molecule has 0 N–H and O–H groups in total. The van der Waals surface area contributed by atoms with E-state index in [9.17, 15) is 26.3 Å². The van der Waals surface area contributed by atoms with E-state index in [-0.39, 0.29) is 16.4 Å². The lowest BCUT2D eigenvalue weighted by atomic mass is 10.1. The Kier molecular flexibility index (Phi) is 5.15. The third-order valence-electron chi connectivity index (χ3n) is 4.53. The van der Waals surface area contributed by atoms with Crippen molar-refractivity contribution in [1.82, 2.24) is 24.8 Å². The van der Waals surface area contributed by atoms with Crippen LogP contribution in [-0.2, 0) is 12.4 Å². The molecule has 2 aromatic heterocycles. The highest BCUT2D eigenvalue weighted by Gasteiger charge is 2.42. The first kappa shape index (κ1) is 21.4. The Morgan fingerprint density at radius 2 is 1.44 bits per heavy atom. The Labute approximate surface area is 176 Å². The fourth-order valence-electron chi connectivity index (χ4n) is 2.95. The molecule has 6 nitrogen and oxygen atoms in total. The minimum atomic E-state index is -5.02. The summed E-state index contributed by atoms with van der Waals surface area (Å²) in [6, 6.07) is 12.3. The highest BCUT2D eigenvalue weighted by molar-refractivity contribution is 5.60. The standard InChI is InChI=1S/C20H13F6N5O/c1-32-15-8-6-13(7-9-15)30-11-16(27-29-30)12-2-4-14(5-3-12)31-18(20(24,25)26)10-17(28-31)19(21,22)23/h2-11H,1H3. The van der Waals surface area contributed by atoms with Gasteiger partial charge in [-0.2, -0.15) is 31.4 Å². The number of benzene rings is 2. The number of hydrogen-bond donors (Lipinski definition) is 0. The van der Waals surface area contributed by atoms with Crippen LogP contribution in [0.4, 0.5) is 26.3 Å². The summed E-state index contributed by atoms with van der Waals surface area (Å²) in [5, 5.41) is 11.1. The van der Waals surface area contributed by atoms with Crippen LogP contribution in [0.15, 0.2) is 60.8 Å². The summed E-state index contributed by atoms with van der Waals surface area (Å²) in [6.07, 6.45) is -8.42. The average molecular weight is 453 g/mol. The molecule has 32 heavy (non-hydrogen) atoms. The molecule has 0 unspecified atom stereocenters. The second kappa shape index (κ2) is 7.70. The van der Waals surface area contributed by atoms with Crippen molar-refractivity contribution < 1.29 is 31.1 Å². The van der Waals surface area contributed by atoms with Crippen LogP contribution < -0.4 is 4.74 Å². The van der Waals surface area contributed by atoms with Gasteiger partial charge in [-0.3, -0.25) is 0 Å². The van der Waals surface area contributed by atoms with E-state index in [1.54, 1.807) is 30.5 Å². The van der Waals surface area contributed by atoms with Gasteiger partial charge in [0.2, 0.25) is 0 Å². The Balaban J connectivity index is 1.64. The van der Waals surface area contributed by atoms with Gasteiger partial charge in [-0.05, 0) is 36.4 Å². The van der Waals surface area contributed by atoms with E-state index < -0.39 is 23.7 Å². The summed E-state index contributed by atoms with van der Waals surface area (Å²) in [5.41, 5.74) is -1.71. The summed E-state index contributed by atoms with van der Waals surface area (Å²) in [7, 11) is 1.54. The van der Waals surface area contributed by atoms with Crippen molar-refractivity contribution in [2.45, 2.75) is 12.4 Å². The lowest BCUT2D eigenvalue weighted by Gasteiger charge is -2.10. The van der Waals surface area contributed by atoms with E-state index in [2.05, 4.69) is 15.4 Å². The fraction of sp³-hybridized carbons (Fsp3) is 0.150. The average Bonchev–Trinajstić information content (AvgIpc) is 3.41. The van der Waals surface area contributed by atoms with E-state index in [1.165, 1.54) is 36.1 Å². The number of nitrogens with zero attached hydrogens (tertiary/aromatic N) is 5. The number of methoxy groups -OCH3 is 1. The van der Waals surface area contributed by atoms with Crippen molar-refractivity contribution in [2.75, 3.05) is 7.11 Å². The van der Waals surface area contributed by atoms with E-state index in [0.717, 1.165) is 0 Å². The monoisotopic (exact) mass is 453 g/mol. The molecule has 0 radical (unpaired) electrons. The first-order valence-electron chi connectivity index (χ1n) is 8.98. The SMILES string of the molecule is COc1ccc(-n2cc(-c3ccc(-n4nc(C(F)(F)F)cc4C(F)(F)F)cc3)nn2)cc1. The lowest BCUT2D eigenvalue weighted by molar-refractivity contribution is -0.143. The predicted molar refractivity (Wildman–Crippen MR) is 100 cm³/mol. The number of rotatable bonds is 4. The molecule has 0 aliphatic carbocycles. The smallest absolute Gasteiger partial charge is 0.435 e. The highest BCUT2D eigenvalue weighted by atomic mass is 19.4. The van der Waals surface area contributed by atoms with Crippen molar-refractivity contribution in [2.24, 2.45) is 0 Å². The normalized spacial score (nSPS) is 12.2. The summed E-state index contributed by atoms with van der Waals surface area (Å²) in [4.78, 5) is 0. The van der Waals surface area contributed by atoms with Crippen molar-refractivity contribution in [3.63, 3.8) is 0 Å². The second-order valence-corrected chi connectivity index (χ2v) is 6.62. The molecule has 0 saturated heterocycles. The van der Waals surface area contributed by atoms with Gasteiger partial charge in [0.25, 0.3) is 0 Å². The predicted octanol–water partition coefficient (Wildman–Crippen LogP) is 5.17. The molecule has 0 fully saturated rings. The van der Waals surface area contributed by atoms with Crippen LogP contribution >= 0.6 is 0 Å². The van der Waals surface area contributed by atoms with Gasteiger partial charge < -0.3 is 4.74 Å². The lowest BCUT2D eigenvalue weighted by Crippen LogP contribution is -2.13. The molecule has 0 amide bonds. The van der Waals surface area contributed by atoms with Gasteiger partial charge in [0.15, 0.2) is 5.69 Å². The first-order chi connectivity index (χ1) is 15.1. The molecule has 0 bridgehead atoms. The summed E-state index contributed by atoms with van der Waals surface area (Å²) < 4.78 is 85.2. The Morgan fingerprint density at radius 1 is 0.812 bits per heavy atom. The van der Waals surface area contributed by atoms with Crippen LogP contribution in [0.25, 0.3) is 22.6 Å². The fourth-order valence-corrected chi connectivity index (χ4v) is 2.95. The first-order valence-corrected chi connectivity index (χ1v) is 8.98. The largest absolute Gasteiger partial charge is 0.497 e. The molecule has 2 aromatic carbocycles. The molecule has 0 saturated carbocycles. The van der Waals surface area contributed by atoms with Crippen LogP contribution in [-0.4, -0.2) is 31.9 Å². The number of aromatic nitrogens is 5. The molecule has 12 heteroatoms. The van der Waals surface area contributed by atoms with Gasteiger partial charge in [0.05, 0.1) is 24.7 Å². The quantitative estimate of drug-likeness (QED) is 0.401. The van der Waals surface area contributed by atoms with Gasteiger partial charge in [0.1, 0.15) is 17.1 Å². The van der Waals surface area contributed by atoms with E-state index in [1.807, 2.05) is 0 Å². The molecular weight excluding hydrogens is 440 g/mol. The van der Waals surface area contributed by atoms with E-state index in [0.29, 0.717) is 22.7 Å². The van der Waals surface area contributed by atoms with Crippen LogP contribution in [0.3, 0.4) is 0 Å². The zero-order valence-electron chi connectivity index (χ0n) is 16.2.